The maximum atomic E-state index is 13.3. The highest BCUT2D eigenvalue weighted by molar-refractivity contribution is 7.81. The molecule has 18 heavy (non-hydrogen) atoms. The molecule has 0 spiro atoms. The topological polar surface area (TPSA) is 17.1 Å². The van der Waals surface area contributed by atoms with Gasteiger partial charge in [-0.25, -0.2) is 0 Å². The van der Waals surface area contributed by atoms with Crippen molar-refractivity contribution >= 4 is 17.8 Å². The number of allylic oxidation sites excluding steroid dienone is 1. The quantitative estimate of drug-likeness (QED) is 0.758. The Morgan fingerprint density at radius 2 is 1.33 bits per heavy atom. The van der Waals surface area contributed by atoms with E-state index in [1.807, 2.05) is 72.6 Å². The van der Waals surface area contributed by atoms with Gasteiger partial charge in [-0.2, -0.15) is 0 Å². The zero-order valence-electron chi connectivity index (χ0n) is 10.5. The van der Waals surface area contributed by atoms with Crippen LogP contribution >= 0.6 is 7.14 Å². The lowest BCUT2D eigenvalue weighted by Crippen LogP contribution is -2.13. The van der Waals surface area contributed by atoms with Crippen LogP contribution in [0.15, 0.2) is 72.6 Å². The highest BCUT2D eigenvalue weighted by Crippen LogP contribution is 2.44. The maximum Gasteiger partial charge on any atom is 0.163 e. The van der Waals surface area contributed by atoms with Crippen molar-refractivity contribution in [1.29, 1.82) is 0 Å². The Bertz CT molecular complexity index is 515. The second-order valence-corrected chi connectivity index (χ2v) is 6.77. The second-order valence-electron chi connectivity index (χ2n) is 4.12. The van der Waals surface area contributed by atoms with E-state index in [2.05, 4.69) is 6.92 Å². The van der Waals surface area contributed by atoms with Gasteiger partial charge >= 0.3 is 0 Å². The largest absolute Gasteiger partial charge is 0.309 e. The van der Waals surface area contributed by atoms with E-state index >= 15 is 0 Å². The molecule has 0 fully saturated rings. The van der Waals surface area contributed by atoms with Crippen molar-refractivity contribution in [3.63, 3.8) is 0 Å². The molecular weight excluding hydrogens is 239 g/mol. The fraction of sp³-hybridized carbons (Fsp3) is 0.125. The Morgan fingerprint density at radius 3 is 1.72 bits per heavy atom. The fourth-order valence-electron chi connectivity index (χ4n) is 1.87. The molecule has 0 N–H and O–H groups in total. The van der Waals surface area contributed by atoms with Gasteiger partial charge in [-0.05, 0) is 12.2 Å². The Hall–Kier alpha value is -1.59. The second kappa shape index (κ2) is 5.84. The van der Waals surface area contributed by atoms with E-state index in [0.29, 0.717) is 0 Å². The summed E-state index contributed by atoms with van der Waals surface area (Å²) in [6.45, 7) is 2.05. The van der Waals surface area contributed by atoms with E-state index in [9.17, 15) is 4.57 Å². The van der Waals surface area contributed by atoms with Crippen LogP contribution in [0.2, 0.25) is 0 Å². The summed E-state index contributed by atoms with van der Waals surface area (Å²) in [5, 5.41) is 1.78. The molecule has 1 nitrogen and oxygen atoms in total. The minimum atomic E-state index is -2.62. The third-order valence-corrected chi connectivity index (χ3v) is 5.59. The van der Waals surface area contributed by atoms with E-state index < -0.39 is 7.14 Å². The van der Waals surface area contributed by atoms with E-state index in [4.69, 9.17) is 0 Å². The van der Waals surface area contributed by atoms with Gasteiger partial charge in [-0.3, -0.25) is 0 Å². The molecule has 0 aliphatic rings. The molecule has 0 aliphatic heterocycles. The van der Waals surface area contributed by atoms with Crippen LogP contribution in [-0.4, -0.2) is 0 Å². The van der Waals surface area contributed by atoms with Crippen LogP contribution in [-0.2, 0) is 4.57 Å². The molecule has 2 heteroatoms. The van der Waals surface area contributed by atoms with Crippen LogP contribution in [0.1, 0.15) is 13.3 Å². The summed E-state index contributed by atoms with van der Waals surface area (Å²) in [4.78, 5) is 0. The fourth-order valence-corrected chi connectivity index (χ4v) is 4.25. The molecule has 2 aromatic rings. The predicted octanol–water partition coefficient (Wildman–Crippen LogP) is 3.92. The first-order valence-corrected chi connectivity index (χ1v) is 7.93. The lowest BCUT2D eigenvalue weighted by molar-refractivity contribution is 0.592. The van der Waals surface area contributed by atoms with Gasteiger partial charge in [-0.15, -0.1) is 0 Å². The van der Waals surface area contributed by atoms with E-state index in [0.717, 1.165) is 17.0 Å². The summed E-state index contributed by atoms with van der Waals surface area (Å²) in [7, 11) is -2.62. The van der Waals surface area contributed by atoms with Crippen molar-refractivity contribution in [2.45, 2.75) is 13.3 Å². The minimum absolute atomic E-state index is 0.890. The zero-order chi connectivity index (χ0) is 12.8. The van der Waals surface area contributed by atoms with Crippen LogP contribution < -0.4 is 10.6 Å². The molecule has 0 bridgehead atoms. The lowest BCUT2D eigenvalue weighted by Gasteiger charge is -2.15. The first-order chi connectivity index (χ1) is 8.77. The smallest absolute Gasteiger partial charge is 0.163 e. The molecule has 0 saturated heterocycles. The normalized spacial score (nSPS) is 11.8. The molecule has 0 unspecified atom stereocenters. The molecule has 2 aromatic carbocycles. The van der Waals surface area contributed by atoms with Gasteiger partial charge in [-0.1, -0.05) is 73.7 Å². The van der Waals surface area contributed by atoms with Gasteiger partial charge in [0.25, 0.3) is 0 Å². The van der Waals surface area contributed by atoms with Crippen molar-refractivity contribution in [2.24, 2.45) is 0 Å². The lowest BCUT2D eigenvalue weighted by atomic mass is 10.4. The van der Waals surface area contributed by atoms with Crippen LogP contribution in [0.3, 0.4) is 0 Å². The summed E-state index contributed by atoms with van der Waals surface area (Å²) >= 11 is 0. The molecule has 2 rings (SSSR count). The number of benzene rings is 2. The average Bonchev–Trinajstić information content (AvgIpc) is 2.46. The van der Waals surface area contributed by atoms with Gasteiger partial charge in [0.05, 0.1) is 0 Å². The molecule has 0 aliphatic carbocycles. The third-order valence-electron chi connectivity index (χ3n) is 2.83. The standard InChI is InChI=1S/C16H17OP/c1-2-3-14-18(17,15-10-6-4-7-11-15)16-12-8-5-9-13-16/h3-14H,2H2,1H3. The Labute approximate surface area is 109 Å². The van der Waals surface area contributed by atoms with E-state index in [1.54, 1.807) is 0 Å². The first-order valence-electron chi connectivity index (χ1n) is 6.16. The van der Waals surface area contributed by atoms with Crippen molar-refractivity contribution in [3.05, 3.63) is 72.6 Å². The Kier molecular flexibility index (Phi) is 4.17. The SMILES string of the molecule is CCC=CP(=O)(c1ccccc1)c1ccccc1. The van der Waals surface area contributed by atoms with Gasteiger partial charge in [0.1, 0.15) is 0 Å². The monoisotopic (exact) mass is 256 g/mol. The summed E-state index contributed by atoms with van der Waals surface area (Å²) in [5.74, 6) is 1.87. The van der Waals surface area contributed by atoms with Crippen LogP contribution in [0.25, 0.3) is 0 Å². The summed E-state index contributed by atoms with van der Waals surface area (Å²) in [6, 6.07) is 19.4. The molecule has 0 radical (unpaired) electrons. The molecule has 0 amide bonds. The molecule has 92 valence electrons. The van der Waals surface area contributed by atoms with Gasteiger partial charge < -0.3 is 4.57 Å². The molecule has 0 saturated carbocycles. The van der Waals surface area contributed by atoms with Crippen LogP contribution in [0.5, 0.6) is 0 Å². The average molecular weight is 256 g/mol. The summed E-state index contributed by atoms with van der Waals surface area (Å²) in [5.41, 5.74) is 0. The zero-order valence-corrected chi connectivity index (χ0v) is 11.4. The highest BCUT2D eigenvalue weighted by Gasteiger charge is 2.23. The van der Waals surface area contributed by atoms with Crippen LogP contribution in [0, 0.1) is 0 Å². The Morgan fingerprint density at radius 1 is 0.889 bits per heavy atom. The summed E-state index contributed by atoms with van der Waals surface area (Å²) < 4.78 is 13.3. The summed E-state index contributed by atoms with van der Waals surface area (Å²) in [6.07, 6.45) is 2.88. The number of hydrogen-bond donors (Lipinski definition) is 0. The van der Waals surface area contributed by atoms with Gasteiger partial charge in [0.2, 0.25) is 0 Å². The van der Waals surface area contributed by atoms with Crippen molar-refractivity contribution < 1.29 is 4.57 Å². The Balaban J connectivity index is 2.56. The highest BCUT2D eigenvalue weighted by atomic mass is 31.2. The maximum absolute atomic E-state index is 13.3. The van der Waals surface area contributed by atoms with E-state index in [-0.39, 0.29) is 0 Å². The van der Waals surface area contributed by atoms with Crippen LogP contribution in [0.4, 0.5) is 0 Å². The molecule has 0 aromatic heterocycles. The van der Waals surface area contributed by atoms with Gasteiger partial charge in [0.15, 0.2) is 7.14 Å². The molecule has 0 atom stereocenters. The number of rotatable bonds is 4. The van der Waals surface area contributed by atoms with Crippen molar-refractivity contribution in [3.8, 4) is 0 Å². The van der Waals surface area contributed by atoms with E-state index in [1.165, 1.54) is 0 Å². The molecular formula is C16H17OP. The minimum Gasteiger partial charge on any atom is -0.309 e. The third kappa shape index (κ3) is 2.63. The predicted molar refractivity (Wildman–Crippen MR) is 79.2 cm³/mol. The van der Waals surface area contributed by atoms with Crippen molar-refractivity contribution in [1.82, 2.24) is 0 Å². The first kappa shape index (κ1) is 12.9. The van der Waals surface area contributed by atoms with Crippen molar-refractivity contribution in [2.75, 3.05) is 0 Å². The molecule has 0 heterocycles. The number of hydrogen-bond acceptors (Lipinski definition) is 1. The van der Waals surface area contributed by atoms with Gasteiger partial charge in [0, 0.05) is 10.6 Å².